The van der Waals surface area contributed by atoms with E-state index in [0.29, 0.717) is 17.4 Å². The van der Waals surface area contributed by atoms with Crippen LogP contribution in [0.3, 0.4) is 0 Å². The molecule has 18 heavy (non-hydrogen) atoms. The third-order valence-electron chi connectivity index (χ3n) is 3.37. The van der Waals surface area contributed by atoms with Gasteiger partial charge in [0.1, 0.15) is 5.82 Å². The van der Waals surface area contributed by atoms with Crippen molar-refractivity contribution < 1.29 is 9.18 Å². The number of hydrogen-bond donors (Lipinski definition) is 1. The lowest BCUT2D eigenvalue weighted by molar-refractivity contribution is 0.0928. The number of carbonyl (C=O) groups is 1. The second kappa shape index (κ2) is 6.02. The zero-order valence-electron chi connectivity index (χ0n) is 9.76. The molecule has 0 bridgehead atoms. The van der Waals surface area contributed by atoms with Crippen molar-refractivity contribution >= 4 is 33.4 Å². The Kier molecular flexibility index (Phi) is 4.62. The molecule has 2 nitrogen and oxygen atoms in total. The van der Waals surface area contributed by atoms with Crippen LogP contribution in [0.15, 0.2) is 22.7 Å². The van der Waals surface area contributed by atoms with Crippen molar-refractivity contribution in [2.45, 2.75) is 25.3 Å². The van der Waals surface area contributed by atoms with Crippen molar-refractivity contribution in [1.82, 2.24) is 5.32 Å². The van der Waals surface area contributed by atoms with Gasteiger partial charge in [0.25, 0.3) is 5.91 Å². The minimum atomic E-state index is -0.428. The van der Waals surface area contributed by atoms with Gasteiger partial charge in [0.05, 0.1) is 10.0 Å². The van der Waals surface area contributed by atoms with Gasteiger partial charge in [0.2, 0.25) is 0 Å². The van der Waals surface area contributed by atoms with Crippen molar-refractivity contribution in [2.24, 2.45) is 5.92 Å². The highest BCUT2D eigenvalue weighted by molar-refractivity contribution is 9.10. The van der Waals surface area contributed by atoms with E-state index in [4.69, 9.17) is 11.6 Å². The van der Waals surface area contributed by atoms with E-state index in [9.17, 15) is 9.18 Å². The standard InChI is InChI=1S/C13H14BrClFNO/c14-12-9(4-2-5-10(12)16)13(18)17-11-6-1-3-8(11)7-15/h2,4-5,8,11H,1,3,6-7H2,(H,17,18). The quantitative estimate of drug-likeness (QED) is 0.839. The predicted octanol–water partition coefficient (Wildman–Crippen LogP) is 3.73. The highest BCUT2D eigenvalue weighted by Crippen LogP contribution is 2.27. The molecule has 98 valence electrons. The fourth-order valence-corrected chi connectivity index (χ4v) is 3.15. The molecule has 0 saturated heterocycles. The van der Waals surface area contributed by atoms with Crippen LogP contribution in [0.2, 0.25) is 0 Å². The largest absolute Gasteiger partial charge is 0.349 e. The van der Waals surface area contributed by atoms with Crippen LogP contribution < -0.4 is 5.32 Å². The van der Waals surface area contributed by atoms with E-state index in [1.54, 1.807) is 6.07 Å². The molecule has 2 atom stereocenters. The molecule has 1 amide bonds. The zero-order chi connectivity index (χ0) is 13.1. The molecule has 1 N–H and O–H groups in total. The monoisotopic (exact) mass is 333 g/mol. The van der Waals surface area contributed by atoms with E-state index in [1.807, 2.05) is 0 Å². The Labute approximate surface area is 119 Å². The molecule has 0 radical (unpaired) electrons. The lowest BCUT2D eigenvalue weighted by atomic mass is 10.1. The van der Waals surface area contributed by atoms with Crippen LogP contribution in [0, 0.1) is 11.7 Å². The van der Waals surface area contributed by atoms with E-state index in [0.717, 1.165) is 19.3 Å². The summed E-state index contributed by atoms with van der Waals surface area (Å²) in [7, 11) is 0. The number of benzene rings is 1. The molecule has 1 aromatic rings. The maximum Gasteiger partial charge on any atom is 0.252 e. The topological polar surface area (TPSA) is 29.1 Å². The molecule has 0 spiro atoms. The SMILES string of the molecule is O=C(NC1CCCC1CCl)c1cccc(F)c1Br. The summed E-state index contributed by atoms with van der Waals surface area (Å²) in [5, 5.41) is 2.94. The van der Waals surface area contributed by atoms with Gasteiger partial charge in [0.15, 0.2) is 0 Å². The van der Waals surface area contributed by atoms with E-state index in [2.05, 4.69) is 21.2 Å². The third-order valence-corrected chi connectivity index (χ3v) is 4.57. The lowest BCUT2D eigenvalue weighted by Gasteiger charge is -2.19. The Hall–Kier alpha value is -0.610. The maximum atomic E-state index is 13.3. The summed E-state index contributed by atoms with van der Waals surface area (Å²) in [6.45, 7) is 0. The molecule has 1 fully saturated rings. The molecular weight excluding hydrogens is 321 g/mol. The second-order valence-corrected chi connectivity index (χ2v) is 5.63. The average Bonchev–Trinajstić information content (AvgIpc) is 2.79. The number of nitrogens with one attached hydrogen (secondary N) is 1. The van der Waals surface area contributed by atoms with Crippen LogP contribution >= 0.6 is 27.5 Å². The molecule has 0 heterocycles. The van der Waals surface area contributed by atoms with Gasteiger partial charge < -0.3 is 5.32 Å². The Balaban J connectivity index is 2.10. The Morgan fingerprint density at radius 3 is 3.00 bits per heavy atom. The van der Waals surface area contributed by atoms with E-state index >= 15 is 0 Å². The van der Waals surface area contributed by atoms with Crippen molar-refractivity contribution in [3.63, 3.8) is 0 Å². The average molecular weight is 335 g/mol. The summed E-state index contributed by atoms with van der Waals surface area (Å²) in [5.41, 5.74) is 0.329. The molecule has 2 rings (SSSR count). The Morgan fingerprint density at radius 1 is 1.50 bits per heavy atom. The Morgan fingerprint density at radius 2 is 2.28 bits per heavy atom. The van der Waals surface area contributed by atoms with Crippen molar-refractivity contribution in [2.75, 3.05) is 5.88 Å². The van der Waals surface area contributed by atoms with Gasteiger partial charge >= 0.3 is 0 Å². The molecule has 0 aromatic heterocycles. The van der Waals surface area contributed by atoms with Gasteiger partial charge in [-0.15, -0.1) is 11.6 Å². The minimum absolute atomic E-state index is 0.102. The number of hydrogen-bond acceptors (Lipinski definition) is 1. The fourth-order valence-electron chi connectivity index (χ4n) is 2.34. The number of rotatable bonds is 3. The summed E-state index contributed by atoms with van der Waals surface area (Å²) in [5.74, 6) is 0.198. The van der Waals surface area contributed by atoms with E-state index < -0.39 is 5.82 Å². The van der Waals surface area contributed by atoms with Crippen molar-refractivity contribution in [3.8, 4) is 0 Å². The molecule has 1 aliphatic carbocycles. The van der Waals surface area contributed by atoms with Crippen LogP contribution in [-0.4, -0.2) is 17.8 Å². The summed E-state index contributed by atoms with van der Waals surface area (Å²) in [6.07, 6.45) is 3.06. The molecule has 1 aromatic carbocycles. The maximum absolute atomic E-state index is 13.3. The van der Waals surface area contributed by atoms with Gasteiger partial charge in [0, 0.05) is 11.9 Å². The predicted molar refractivity (Wildman–Crippen MR) is 73.4 cm³/mol. The van der Waals surface area contributed by atoms with Crippen LogP contribution in [0.25, 0.3) is 0 Å². The normalized spacial score (nSPS) is 23.1. The zero-order valence-corrected chi connectivity index (χ0v) is 12.1. The van der Waals surface area contributed by atoms with Crippen LogP contribution in [0.5, 0.6) is 0 Å². The van der Waals surface area contributed by atoms with Gasteiger partial charge in [-0.2, -0.15) is 0 Å². The van der Waals surface area contributed by atoms with Gasteiger partial charge in [-0.1, -0.05) is 12.5 Å². The van der Waals surface area contributed by atoms with Crippen LogP contribution in [-0.2, 0) is 0 Å². The first-order chi connectivity index (χ1) is 8.63. The summed E-state index contributed by atoms with van der Waals surface area (Å²) >= 11 is 8.97. The molecule has 1 aliphatic rings. The van der Waals surface area contributed by atoms with Gasteiger partial charge in [-0.3, -0.25) is 4.79 Å². The van der Waals surface area contributed by atoms with Crippen LogP contribution in [0.1, 0.15) is 29.6 Å². The summed E-state index contributed by atoms with van der Waals surface area (Å²) in [6, 6.07) is 4.55. The number of carbonyl (C=O) groups excluding carboxylic acids is 1. The third kappa shape index (κ3) is 2.86. The molecule has 2 unspecified atom stereocenters. The lowest BCUT2D eigenvalue weighted by Crippen LogP contribution is -2.38. The van der Waals surface area contributed by atoms with Crippen molar-refractivity contribution in [1.29, 1.82) is 0 Å². The number of alkyl halides is 1. The second-order valence-electron chi connectivity index (χ2n) is 4.53. The number of amides is 1. The highest BCUT2D eigenvalue weighted by atomic mass is 79.9. The van der Waals surface area contributed by atoms with E-state index in [1.165, 1.54) is 12.1 Å². The molecule has 1 saturated carbocycles. The highest BCUT2D eigenvalue weighted by Gasteiger charge is 2.28. The van der Waals surface area contributed by atoms with Crippen LogP contribution in [0.4, 0.5) is 4.39 Å². The van der Waals surface area contributed by atoms with Gasteiger partial charge in [-0.05, 0) is 46.8 Å². The Bertz CT molecular complexity index is 455. The summed E-state index contributed by atoms with van der Waals surface area (Å²) < 4.78 is 13.6. The minimum Gasteiger partial charge on any atom is -0.349 e. The smallest absolute Gasteiger partial charge is 0.252 e. The first-order valence-electron chi connectivity index (χ1n) is 5.94. The van der Waals surface area contributed by atoms with Gasteiger partial charge in [-0.25, -0.2) is 4.39 Å². The first kappa shape index (κ1) is 13.8. The summed E-state index contributed by atoms with van der Waals surface area (Å²) in [4.78, 5) is 12.1. The molecular formula is C13H14BrClFNO. The number of halogens is 3. The first-order valence-corrected chi connectivity index (χ1v) is 7.27. The van der Waals surface area contributed by atoms with Crippen molar-refractivity contribution in [3.05, 3.63) is 34.1 Å². The molecule has 0 aliphatic heterocycles. The fraction of sp³-hybridized carbons (Fsp3) is 0.462. The molecule has 5 heteroatoms. The van der Waals surface area contributed by atoms with E-state index in [-0.39, 0.29) is 16.4 Å².